The van der Waals surface area contributed by atoms with Crippen molar-refractivity contribution < 1.29 is 27.5 Å². The van der Waals surface area contributed by atoms with Gasteiger partial charge in [-0.05, 0) is 24.3 Å². The Bertz CT molecular complexity index is 1430. The van der Waals surface area contributed by atoms with E-state index in [2.05, 4.69) is 0 Å². The molecule has 3 N–H and O–H groups in total. The number of Topliss-reactive ketones (excluding diaryl/α,β-unsaturated/α-hetero) is 1. The molecule has 162 valence electrons. The number of anilines is 1. The van der Waals surface area contributed by atoms with E-state index >= 15 is 0 Å². The number of rotatable bonds is 5. The fourth-order valence-corrected chi connectivity index (χ4v) is 3.60. The molecule has 0 saturated heterocycles. The molecular weight excluding hydrogens is 418 g/mol. The molecule has 0 spiro atoms. The number of fused-ring (bicyclic) bond motifs is 2. The summed E-state index contributed by atoms with van der Waals surface area (Å²) in [5.41, 5.74) is 6.90. The van der Waals surface area contributed by atoms with E-state index in [9.17, 15) is 18.4 Å². The Labute approximate surface area is 181 Å². The fraction of sp³-hybridized carbons (Fsp3) is 0.125. The lowest BCUT2D eigenvalue weighted by atomic mass is 9.91. The molecule has 8 heteroatoms. The van der Waals surface area contributed by atoms with Gasteiger partial charge in [-0.2, -0.15) is 0 Å². The van der Waals surface area contributed by atoms with Crippen LogP contribution in [0.4, 0.5) is 14.5 Å². The van der Waals surface area contributed by atoms with Crippen LogP contribution in [0.2, 0.25) is 0 Å². The van der Waals surface area contributed by atoms with Crippen molar-refractivity contribution in [1.29, 1.82) is 5.41 Å². The summed E-state index contributed by atoms with van der Waals surface area (Å²) in [7, 11) is 0. The molecule has 0 amide bonds. The minimum Gasteiger partial charge on any atom is -0.456 e. The van der Waals surface area contributed by atoms with Crippen LogP contribution in [0, 0.1) is 23.0 Å². The molecule has 0 atom stereocenters. The standard InChI is InChI=1S/C24H18F2N2O4/c1-11(2)24(30)12-3-4-13(20(5-12)31-10-29)23-14-6-16(25)18(27)8-21(14)32-22-9-19(28)17(26)7-15(22)23/h3-11,27H,28H2,1-2H3. The maximum Gasteiger partial charge on any atom is 0.298 e. The maximum absolute atomic E-state index is 14.4. The Morgan fingerprint density at radius 1 is 1.09 bits per heavy atom. The molecule has 0 radical (unpaired) electrons. The molecule has 2 aliphatic rings. The van der Waals surface area contributed by atoms with Crippen LogP contribution in [-0.4, -0.2) is 12.3 Å². The van der Waals surface area contributed by atoms with Gasteiger partial charge in [-0.1, -0.05) is 19.9 Å². The number of carbonyl (C=O) groups excluding carboxylic acids is 2. The summed E-state index contributed by atoms with van der Waals surface area (Å²) in [6, 6.07) is 9.25. The Hall–Kier alpha value is -4.07. The van der Waals surface area contributed by atoms with Gasteiger partial charge in [0, 0.05) is 45.7 Å². The SMILES string of the molecule is CC(C)C(=O)c1ccc(-c2c3cc(F)c(=N)cc-3oc3cc(N)c(F)cc23)c(OC=O)c1. The first-order chi connectivity index (χ1) is 15.2. The second-order valence-corrected chi connectivity index (χ2v) is 7.62. The van der Waals surface area contributed by atoms with Gasteiger partial charge < -0.3 is 14.9 Å². The first kappa shape index (κ1) is 21.2. The smallest absolute Gasteiger partial charge is 0.298 e. The third-order valence-corrected chi connectivity index (χ3v) is 5.16. The molecule has 2 aromatic rings. The van der Waals surface area contributed by atoms with E-state index in [1.807, 2.05) is 0 Å². The van der Waals surface area contributed by atoms with Crippen molar-refractivity contribution in [1.82, 2.24) is 0 Å². The molecule has 6 nitrogen and oxygen atoms in total. The second kappa shape index (κ2) is 7.88. The van der Waals surface area contributed by atoms with Crippen LogP contribution in [-0.2, 0) is 4.79 Å². The van der Waals surface area contributed by atoms with E-state index in [-0.39, 0.29) is 57.3 Å². The molecule has 4 rings (SSSR count). The lowest BCUT2D eigenvalue weighted by Crippen LogP contribution is -2.09. The average molecular weight is 436 g/mol. The van der Waals surface area contributed by atoms with Crippen LogP contribution in [0.25, 0.3) is 33.4 Å². The monoisotopic (exact) mass is 436 g/mol. The van der Waals surface area contributed by atoms with E-state index in [1.165, 1.54) is 18.2 Å². The van der Waals surface area contributed by atoms with E-state index in [1.54, 1.807) is 26.0 Å². The van der Waals surface area contributed by atoms with Crippen LogP contribution in [0.15, 0.2) is 46.9 Å². The summed E-state index contributed by atoms with van der Waals surface area (Å²) in [4.78, 5) is 23.7. The summed E-state index contributed by atoms with van der Waals surface area (Å²) >= 11 is 0. The maximum atomic E-state index is 14.4. The molecule has 1 aliphatic heterocycles. The number of nitrogens with two attached hydrogens (primary N) is 1. The van der Waals surface area contributed by atoms with Gasteiger partial charge in [-0.15, -0.1) is 0 Å². The van der Waals surface area contributed by atoms with Gasteiger partial charge in [0.25, 0.3) is 6.47 Å². The number of nitrogens with one attached hydrogen (secondary N) is 1. The van der Waals surface area contributed by atoms with E-state index < -0.39 is 11.6 Å². The number of ether oxygens (including phenoxy) is 1. The molecule has 1 aliphatic carbocycles. The van der Waals surface area contributed by atoms with Gasteiger partial charge in [0.15, 0.2) is 5.78 Å². The predicted molar refractivity (Wildman–Crippen MR) is 114 cm³/mol. The number of hydrogen-bond donors (Lipinski definition) is 2. The largest absolute Gasteiger partial charge is 0.456 e. The average Bonchev–Trinajstić information content (AvgIpc) is 2.74. The summed E-state index contributed by atoms with van der Waals surface area (Å²) < 4.78 is 39.7. The summed E-state index contributed by atoms with van der Waals surface area (Å²) in [5, 5.41) is 7.62. The fourth-order valence-electron chi connectivity index (χ4n) is 3.60. The summed E-state index contributed by atoms with van der Waals surface area (Å²) in [6.07, 6.45) is 0. The van der Waals surface area contributed by atoms with Gasteiger partial charge in [0.05, 0.1) is 11.0 Å². The number of carbonyl (C=O) groups is 2. The van der Waals surface area contributed by atoms with Crippen LogP contribution >= 0.6 is 0 Å². The molecule has 32 heavy (non-hydrogen) atoms. The van der Waals surface area contributed by atoms with Crippen molar-refractivity contribution in [3.05, 3.63) is 65.0 Å². The molecule has 0 unspecified atom stereocenters. The van der Waals surface area contributed by atoms with Gasteiger partial charge in [0.1, 0.15) is 28.7 Å². The van der Waals surface area contributed by atoms with Crippen LogP contribution in [0.1, 0.15) is 24.2 Å². The normalized spacial score (nSPS) is 11.3. The summed E-state index contributed by atoms with van der Waals surface area (Å²) in [6.45, 7) is 3.69. The number of benzene rings is 3. The molecule has 0 bridgehead atoms. The highest BCUT2D eigenvalue weighted by Crippen LogP contribution is 2.44. The highest BCUT2D eigenvalue weighted by Gasteiger charge is 2.23. The zero-order valence-electron chi connectivity index (χ0n) is 17.2. The van der Waals surface area contributed by atoms with Crippen molar-refractivity contribution >= 4 is 28.9 Å². The quantitative estimate of drug-likeness (QED) is 0.200. The lowest BCUT2D eigenvalue weighted by Gasteiger charge is -2.18. The van der Waals surface area contributed by atoms with E-state index in [4.69, 9.17) is 20.3 Å². The first-order valence-electron chi connectivity index (χ1n) is 9.70. The zero-order chi connectivity index (χ0) is 23.2. The van der Waals surface area contributed by atoms with Crippen molar-refractivity contribution in [3.63, 3.8) is 0 Å². The Morgan fingerprint density at radius 2 is 1.84 bits per heavy atom. The van der Waals surface area contributed by atoms with Gasteiger partial charge >= 0.3 is 0 Å². The van der Waals surface area contributed by atoms with Crippen molar-refractivity contribution in [2.24, 2.45) is 5.92 Å². The minimum absolute atomic E-state index is 0.0351. The number of ketones is 1. The number of hydrogen-bond acceptors (Lipinski definition) is 6. The van der Waals surface area contributed by atoms with Gasteiger partial charge in [-0.3, -0.25) is 15.0 Å². The van der Waals surface area contributed by atoms with E-state index in [0.717, 1.165) is 12.1 Å². The molecule has 0 aromatic heterocycles. The van der Waals surface area contributed by atoms with Gasteiger partial charge in [0.2, 0.25) is 0 Å². The van der Waals surface area contributed by atoms with Crippen LogP contribution < -0.4 is 15.8 Å². The summed E-state index contributed by atoms with van der Waals surface area (Å²) in [5.74, 6) is -1.78. The number of nitrogen functional groups attached to an aromatic ring is 1. The first-order valence-corrected chi connectivity index (χ1v) is 9.70. The molecule has 1 heterocycles. The molecule has 0 saturated carbocycles. The zero-order valence-corrected chi connectivity index (χ0v) is 17.2. The Morgan fingerprint density at radius 3 is 2.53 bits per heavy atom. The van der Waals surface area contributed by atoms with Crippen LogP contribution in [0.5, 0.6) is 5.75 Å². The lowest BCUT2D eigenvalue weighted by molar-refractivity contribution is -0.120. The van der Waals surface area contributed by atoms with E-state index in [0.29, 0.717) is 16.7 Å². The van der Waals surface area contributed by atoms with Gasteiger partial charge in [-0.25, -0.2) is 8.78 Å². The van der Waals surface area contributed by atoms with Crippen LogP contribution in [0.3, 0.4) is 0 Å². The third kappa shape index (κ3) is 3.49. The molecular formula is C24H18F2N2O4. The topological polar surface area (TPSA) is 106 Å². The van der Waals surface area contributed by atoms with Crippen molar-refractivity contribution in [2.45, 2.75) is 13.8 Å². The third-order valence-electron chi connectivity index (χ3n) is 5.16. The highest BCUT2D eigenvalue weighted by atomic mass is 19.1. The highest BCUT2D eigenvalue weighted by molar-refractivity contribution is 6.05. The van der Waals surface area contributed by atoms with Crippen molar-refractivity contribution in [2.75, 3.05) is 5.73 Å². The molecule has 0 fully saturated rings. The molecule has 2 aromatic carbocycles. The number of halogens is 2. The predicted octanol–water partition coefficient (Wildman–Crippen LogP) is 4.92. The Kier molecular flexibility index (Phi) is 5.22. The van der Waals surface area contributed by atoms with Crippen molar-refractivity contribution in [3.8, 4) is 28.2 Å². The second-order valence-electron chi connectivity index (χ2n) is 7.62. The minimum atomic E-state index is -0.811. The Balaban J connectivity index is 2.14.